The summed E-state index contributed by atoms with van der Waals surface area (Å²) in [5.74, 6) is 5.93. The lowest BCUT2D eigenvalue weighted by Crippen LogP contribution is -2.44. The van der Waals surface area contributed by atoms with Gasteiger partial charge in [0.2, 0.25) is 17.0 Å². The van der Waals surface area contributed by atoms with Gasteiger partial charge >= 0.3 is 0 Å². The Morgan fingerprint density at radius 3 is 2.81 bits per heavy atom. The first-order valence-corrected chi connectivity index (χ1v) is 9.49. The van der Waals surface area contributed by atoms with Gasteiger partial charge in [-0.05, 0) is 25.0 Å². The van der Waals surface area contributed by atoms with Crippen molar-refractivity contribution in [3.63, 3.8) is 0 Å². The summed E-state index contributed by atoms with van der Waals surface area (Å²) in [7, 11) is 0. The van der Waals surface area contributed by atoms with E-state index in [1.807, 2.05) is 12.1 Å². The number of likely N-dealkylation sites (tertiary alicyclic amines) is 1. The van der Waals surface area contributed by atoms with Crippen molar-refractivity contribution in [3.8, 4) is 11.4 Å². The fourth-order valence-corrected chi connectivity index (χ4v) is 3.83. The third-order valence-corrected chi connectivity index (χ3v) is 5.54. The van der Waals surface area contributed by atoms with Crippen LogP contribution in [-0.2, 0) is 9.59 Å². The number of primary amides is 1. The number of thioether (sulfide) groups is 1. The fourth-order valence-electron chi connectivity index (χ4n) is 2.86. The molecular formula is C16H19ClN6O2S. The number of aromatic nitrogens is 3. The van der Waals surface area contributed by atoms with Crippen LogP contribution in [0.25, 0.3) is 11.4 Å². The van der Waals surface area contributed by atoms with Gasteiger partial charge in [-0.1, -0.05) is 35.5 Å². The minimum atomic E-state index is -0.360. The van der Waals surface area contributed by atoms with E-state index in [0.717, 1.165) is 12.8 Å². The zero-order valence-corrected chi connectivity index (χ0v) is 15.5. The van der Waals surface area contributed by atoms with E-state index >= 15 is 0 Å². The molecule has 2 heterocycles. The van der Waals surface area contributed by atoms with Crippen LogP contribution in [0, 0.1) is 5.92 Å². The lowest BCUT2D eigenvalue weighted by atomic mass is 9.97. The van der Waals surface area contributed by atoms with Crippen LogP contribution in [0.1, 0.15) is 12.8 Å². The summed E-state index contributed by atoms with van der Waals surface area (Å²) in [6.45, 7) is 0.998. The first-order chi connectivity index (χ1) is 12.5. The van der Waals surface area contributed by atoms with Gasteiger partial charge in [-0.3, -0.25) is 9.59 Å². The van der Waals surface area contributed by atoms with Crippen molar-refractivity contribution in [1.29, 1.82) is 0 Å². The average Bonchev–Trinajstić information content (AvgIpc) is 3.00. The van der Waals surface area contributed by atoms with Gasteiger partial charge in [0.1, 0.15) is 0 Å². The van der Waals surface area contributed by atoms with E-state index in [0.29, 0.717) is 34.7 Å². The molecule has 0 radical (unpaired) electrons. The average molecular weight is 395 g/mol. The Morgan fingerprint density at radius 2 is 2.08 bits per heavy atom. The lowest BCUT2D eigenvalue weighted by molar-refractivity contribution is -0.132. The first-order valence-electron chi connectivity index (χ1n) is 8.12. The molecule has 26 heavy (non-hydrogen) atoms. The standard InChI is InChI=1S/C16H19ClN6O2S/c17-12-6-2-1-5-11(12)15-20-21-16(23(15)19)26-9-13(24)22-7-3-4-10(8-22)14(18)25/h1-2,5-6,10H,3-4,7-9,19H2,(H2,18,25). The second-order valence-corrected chi connectivity index (χ2v) is 7.38. The molecule has 1 atom stereocenters. The zero-order chi connectivity index (χ0) is 18.7. The Balaban J connectivity index is 1.64. The lowest BCUT2D eigenvalue weighted by Gasteiger charge is -2.31. The van der Waals surface area contributed by atoms with Gasteiger partial charge in [0.15, 0.2) is 5.82 Å². The number of nitrogens with zero attached hydrogens (tertiary/aromatic N) is 4. The predicted octanol–water partition coefficient (Wildman–Crippen LogP) is 1.13. The van der Waals surface area contributed by atoms with Gasteiger partial charge in [0, 0.05) is 18.7 Å². The number of benzene rings is 1. The number of amides is 2. The molecular weight excluding hydrogens is 376 g/mol. The van der Waals surface area contributed by atoms with Crippen molar-refractivity contribution < 1.29 is 9.59 Å². The van der Waals surface area contributed by atoms with Gasteiger partial charge in [0.05, 0.1) is 16.7 Å². The van der Waals surface area contributed by atoms with E-state index in [9.17, 15) is 9.59 Å². The molecule has 1 aromatic carbocycles. The minimum absolute atomic E-state index is 0.0803. The maximum atomic E-state index is 12.4. The maximum Gasteiger partial charge on any atom is 0.233 e. The monoisotopic (exact) mass is 394 g/mol. The number of carbonyl (C=O) groups excluding carboxylic acids is 2. The molecule has 0 saturated carbocycles. The molecule has 1 aliphatic heterocycles. The Hall–Kier alpha value is -2.26. The summed E-state index contributed by atoms with van der Waals surface area (Å²) in [4.78, 5) is 25.4. The van der Waals surface area contributed by atoms with Crippen LogP contribution in [0.5, 0.6) is 0 Å². The summed E-state index contributed by atoms with van der Waals surface area (Å²) >= 11 is 7.36. The molecule has 3 rings (SSSR count). The topological polar surface area (TPSA) is 120 Å². The second kappa shape index (κ2) is 7.96. The Kier molecular flexibility index (Phi) is 5.67. The largest absolute Gasteiger partial charge is 0.369 e. The van der Waals surface area contributed by atoms with Gasteiger partial charge < -0.3 is 16.5 Å². The highest BCUT2D eigenvalue weighted by molar-refractivity contribution is 7.99. The second-order valence-electron chi connectivity index (χ2n) is 6.03. The van der Waals surface area contributed by atoms with Crippen LogP contribution >= 0.6 is 23.4 Å². The molecule has 1 aromatic heterocycles. The third kappa shape index (κ3) is 3.94. The molecule has 4 N–H and O–H groups in total. The number of hydrogen-bond donors (Lipinski definition) is 2. The van der Waals surface area contributed by atoms with Gasteiger partial charge in [0.25, 0.3) is 0 Å². The number of nitrogen functional groups attached to an aromatic ring is 1. The summed E-state index contributed by atoms with van der Waals surface area (Å²) < 4.78 is 1.32. The number of rotatable bonds is 5. The number of halogens is 1. The fraction of sp³-hybridized carbons (Fsp3) is 0.375. The molecule has 1 unspecified atom stereocenters. The highest BCUT2D eigenvalue weighted by atomic mass is 35.5. The van der Waals surface area contributed by atoms with Gasteiger partial charge in [-0.25, -0.2) is 4.68 Å². The number of hydrogen-bond acceptors (Lipinski definition) is 6. The van der Waals surface area contributed by atoms with Crippen molar-refractivity contribution >= 4 is 35.2 Å². The Morgan fingerprint density at radius 1 is 1.31 bits per heavy atom. The van der Waals surface area contributed by atoms with Crippen molar-refractivity contribution in [2.75, 3.05) is 24.7 Å². The molecule has 0 spiro atoms. The van der Waals surface area contributed by atoms with E-state index in [2.05, 4.69) is 10.2 Å². The van der Waals surface area contributed by atoms with Crippen molar-refractivity contribution in [1.82, 2.24) is 19.8 Å². The Labute approximate surface area is 159 Å². The maximum absolute atomic E-state index is 12.4. The van der Waals surface area contributed by atoms with Gasteiger partial charge in [-0.15, -0.1) is 10.2 Å². The molecule has 0 bridgehead atoms. The quantitative estimate of drug-likeness (QED) is 0.579. The molecule has 1 fully saturated rings. The number of nitrogens with two attached hydrogens (primary N) is 2. The van der Waals surface area contributed by atoms with E-state index in [1.165, 1.54) is 16.4 Å². The van der Waals surface area contributed by atoms with E-state index in [4.69, 9.17) is 23.2 Å². The van der Waals surface area contributed by atoms with Crippen LogP contribution in [0.15, 0.2) is 29.4 Å². The molecule has 2 amide bonds. The first kappa shape index (κ1) is 18.5. The summed E-state index contributed by atoms with van der Waals surface area (Å²) in [5.41, 5.74) is 6.02. The SMILES string of the molecule is NC(=O)C1CCCN(C(=O)CSc2nnc(-c3ccccc3Cl)n2N)C1. The third-order valence-electron chi connectivity index (χ3n) is 4.28. The van der Waals surface area contributed by atoms with Gasteiger partial charge in [-0.2, -0.15) is 0 Å². The van der Waals surface area contributed by atoms with E-state index in [-0.39, 0.29) is 23.5 Å². The normalized spacial score (nSPS) is 17.3. The van der Waals surface area contributed by atoms with Crippen LogP contribution in [0.2, 0.25) is 5.02 Å². The highest BCUT2D eigenvalue weighted by Gasteiger charge is 2.27. The molecule has 138 valence electrons. The van der Waals surface area contributed by atoms with Crippen LogP contribution in [0.3, 0.4) is 0 Å². The van der Waals surface area contributed by atoms with Crippen LogP contribution in [0.4, 0.5) is 0 Å². The van der Waals surface area contributed by atoms with Crippen molar-refractivity contribution in [3.05, 3.63) is 29.3 Å². The zero-order valence-electron chi connectivity index (χ0n) is 14.0. The molecule has 1 aliphatic rings. The molecule has 2 aromatic rings. The minimum Gasteiger partial charge on any atom is -0.369 e. The van der Waals surface area contributed by atoms with Crippen molar-refractivity contribution in [2.24, 2.45) is 11.7 Å². The van der Waals surface area contributed by atoms with Crippen LogP contribution < -0.4 is 11.6 Å². The Bertz CT molecular complexity index is 827. The predicted molar refractivity (Wildman–Crippen MR) is 99.8 cm³/mol. The highest BCUT2D eigenvalue weighted by Crippen LogP contribution is 2.27. The molecule has 0 aliphatic carbocycles. The molecule has 8 nitrogen and oxygen atoms in total. The van der Waals surface area contributed by atoms with Crippen LogP contribution in [-0.4, -0.2) is 50.4 Å². The van der Waals surface area contributed by atoms with Crippen molar-refractivity contribution in [2.45, 2.75) is 18.0 Å². The number of piperidine rings is 1. The molecule has 1 saturated heterocycles. The smallest absolute Gasteiger partial charge is 0.233 e. The van der Waals surface area contributed by atoms with E-state index < -0.39 is 0 Å². The number of carbonyl (C=O) groups is 2. The van der Waals surface area contributed by atoms with E-state index in [1.54, 1.807) is 17.0 Å². The summed E-state index contributed by atoms with van der Waals surface area (Å²) in [6.07, 6.45) is 1.50. The summed E-state index contributed by atoms with van der Waals surface area (Å²) in [5, 5.41) is 9.04. The molecule has 10 heteroatoms. The summed E-state index contributed by atoms with van der Waals surface area (Å²) in [6, 6.07) is 7.19.